The third-order valence-electron chi connectivity index (χ3n) is 11.0. The monoisotopic (exact) mass is 698 g/mol. The van der Waals surface area contributed by atoms with E-state index >= 15 is 4.39 Å². The molecule has 3 nitrogen and oxygen atoms in total. The second-order valence-electron chi connectivity index (χ2n) is 13.7. The Bertz CT molecular complexity index is 2420. The molecule has 0 atom stereocenters. The Balaban J connectivity index is 1.24. The van der Waals surface area contributed by atoms with Gasteiger partial charge in [0.25, 0.3) is 0 Å². The fourth-order valence-electron chi connectivity index (χ4n) is 8.48. The zero-order valence-corrected chi connectivity index (χ0v) is 29.4. The highest BCUT2D eigenvalue weighted by atomic mass is 19.1. The van der Waals surface area contributed by atoms with E-state index in [9.17, 15) is 4.39 Å². The number of rotatable bonds is 8. The molecule has 9 rings (SSSR count). The molecular weight excluding hydrogens is 663 g/mol. The molecule has 5 heteroatoms. The molecule has 0 N–H and O–H groups in total. The Hall–Kier alpha value is -6.20. The van der Waals surface area contributed by atoms with Gasteiger partial charge < -0.3 is 14.2 Å². The molecule has 1 aliphatic heterocycles. The summed E-state index contributed by atoms with van der Waals surface area (Å²) in [6.07, 6.45) is 5.51. The summed E-state index contributed by atoms with van der Waals surface area (Å²) in [6.45, 7) is 4.17. The number of halogens is 2. The zero-order valence-electron chi connectivity index (χ0n) is 29.4. The van der Waals surface area contributed by atoms with Crippen LogP contribution in [0.25, 0.3) is 28.0 Å². The van der Waals surface area contributed by atoms with Gasteiger partial charge in [-0.3, -0.25) is 0 Å². The molecule has 2 aliphatic rings. The molecule has 260 valence electrons. The first-order valence-corrected chi connectivity index (χ1v) is 18.1. The van der Waals surface area contributed by atoms with Crippen LogP contribution < -0.4 is 14.2 Å². The Kier molecular flexibility index (Phi) is 7.88. The molecule has 0 aromatic heterocycles. The van der Waals surface area contributed by atoms with Crippen molar-refractivity contribution in [3.8, 4) is 39.9 Å². The van der Waals surface area contributed by atoms with Crippen LogP contribution in [-0.2, 0) is 11.0 Å². The Morgan fingerprint density at radius 2 is 1.08 bits per heavy atom. The summed E-state index contributed by atoms with van der Waals surface area (Å²) < 4.78 is 50.8. The van der Waals surface area contributed by atoms with Crippen LogP contribution in [0.15, 0.2) is 152 Å². The molecule has 1 heterocycles. The number of benzene rings is 7. The topological polar surface area (TPSA) is 27.7 Å². The lowest BCUT2D eigenvalue weighted by Gasteiger charge is -2.39. The molecule has 53 heavy (non-hydrogen) atoms. The summed E-state index contributed by atoms with van der Waals surface area (Å²) in [6, 6.07) is 45.9. The minimum absolute atomic E-state index is 0.511. The van der Waals surface area contributed by atoms with Gasteiger partial charge in [-0.1, -0.05) is 105 Å². The van der Waals surface area contributed by atoms with E-state index < -0.39 is 22.7 Å². The lowest BCUT2D eigenvalue weighted by Crippen LogP contribution is -2.35. The third-order valence-corrected chi connectivity index (χ3v) is 11.0. The van der Waals surface area contributed by atoms with E-state index in [1.165, 1.54) is 6.07 Å². The molecule has 0 radical (unpaired) electrons. The largest absolute Gasteiger partial charge is 0.472 e. The summed E-state index contributed by atoms with van der Waals surface area (Å²) in [5.41, 5.74) is 4.01. The minimum atomic E-state index is -1.05. The molecule has 0 spiro atoms. The van der Waals surface area contributed by atoms with E-state index in [-0.39, 0.29) is 0 Å². The summed E-state index contributed by atoms with van der Waals surface area (Å²) in [4.78, 5) is 0. The Labute approximate surface area is 307 Å². The van der Waals surface area contributed by atoms with Gasteiger partial charge in [-0.25, -0.2) is 8.78 Å². The fraction of sp³-hybridized carbons (Fsp3) is 0.125. The Morgan fingerprint density at radius 3 is 1.62 bits per heavy atom. The van der Waals surface area contributed by atoms with Gasteiger partial charge in [0.15, 0.2) is 5.60 Å². The minimum Gasteiger partial charge on any atom is -0.472 e. The van der Waals surface area contributed by atoms with Crippen molar-refractivity contribution in [1.29, 1.82) is 0 Å². The fourth-order valence-corrected chi connectivity index (χ4v) is 8.48. The summed E-state index contributed by atoms with van der Waals surface area (Å²) in [5, 5.41) is 1.78. The van der Waals surface area contributed by atoms with Gasteiger partial charge in [-0.05, 0) is 95.6 Å². The van der Waals surface area contributed by atoms with Crippen LogP contribution in [0.4, 0.5) is 8.78 Å². The first kappa shape index (κ1) is 32.7. The van der Waals surface area contributed by atoms with Gasteiger partial charge >= 0.3 is 0 Å². The van der Waals surface area contributed by atoms with Gasteiger partial charge in [-0.15, -0.1) is 0 Å². The quantitative estimate of drug-likeness (QED) is 0.158. The van der Waals surface area contributed by atoms with E-state index in [0.717, 1.165) is 56.2 Å². The highest BCUT2D eigenvalue weighted by Gasteiger charge is 2.48. The van der Waals surface area contributed by atoms with Crippen LogP contribution in [-0.4, -0.2) is 0 Å². The first-order chi connectivity index (χ1) is 25.9. The normalized spacial score (nSPS) is 14.6. The molecule has 0 saturated heterocycles. The van der Waals surface area contributed by atoms with Crippen molar-refractivity contribution in [3.63, 3.8) is 0 Å². The average molecular weight is 699 g/mol. The van der Waals surface area contributed by atoms with Crippen LogP contribution in [0.2, 0.25) is 0 Å². The molecular formula is C48H36F2O3. The predicted molar refractivity (Wildman–Crippen MR) is 207 cm³/mol. The van der Waals surface area contributed by atoms with Crippen LogP contribution in [0.1, 0.15) is 54.5 Å². The predicted octanol–water partition coefficient (Wildman–Crippen LogP) is 13.1. The highest BCUT2D eigenvalue weighted by molar-refractivity contribution is 6.08. The first-order valence-electron chi connectivity index (χ1n) is 18.1. The molecule has 0 bridgehead atoms. The second kappa shape index (κ2) is 12.8. The van der Waals surface area contributed by atoms with Crippen molar-refractivity contribution in [2.75, 3.05) is 0 Å². The lowest BCUT2D eigenvalue weighted by molar-refractivity contribution is 0.163. The van der Waals surface area contributed by atoms with Crippen LogP contribution in [0, 0.1) is 11.6 Å². The number of fused-ring (bicyclic) bond motifs is 8. The van der Waals surface area contributed by atoms with Crippen molar-refractivity contribution in [1.82, 2.24) is 0 Å². The van der Waals surface area contributed by atoms with E-state index in [4.69, 9.17) is 14.2 Å². The lowest BCUT2D eigenvalue weighted by atomic mass is 9.71. The zero-order chi connectivity index (χ0) is 36.2. The highest BCUT2D eigenvalue weighted by Crippen LogP contribution is 2.61. The average Bonchev–Trinajstić information content (AvgIpc) is 3.50. The SMILES string of the molecule is CCC1(CC)c2c(F)cc(F)cc2-c2c1c1c(c3ccccc23)OC(c2ccc(Oc3ccccc3)cc2)(c2ccc(Oc3ccccc3)cc2)C=C1. The summed E-state index contributed by atoms with van der Waals surface area (Å²) >= 11 is 0. The molecule has 0 fully saturated rings. The van der Waals surface area contributed by atoms with E-state index in [0.29, 0.717) is 41.2 Å². The Morgan fingerprint density at radius 1 is 0.566 bits per heavy atom. The van der Waals surface area contributed by atoms with E-state index in [2.05, 4.69) is 26.0 Å². The van der Waals surface area contributed by atoms with E-state index in [1.807, 2.05) is 133 Å². The molecule has 1 aliphatic carbocycles. The van der Waals surface area contributed by atoms with Crippen molar-refractivity contribution in [2.24, 2.45) is 0 Å². The molecule has 0 unspecified atom stereocenters. The molecule has 0 amide bonds. The van der Waals surface area contributed by atoms with Crippen LogP contribution >= 0.6 is 0 Å². The standard InChI is InChI=1S/C48H36F2O3/c1-3-47(4-2)44-41(29-33(49)30-42(44)50)43-38-17-11-12-18-39(38)46-40(45(43)47)27-28-48(53-46,31-19-23-36(24-20-31)51-34-13-7-5-8-14-34)32-21-25-37(26-22-32)52-35-15-9-6-10-16-35/h5-30H,3-4H2,1-2H3. The summed E-state index contributed by atoms with van der Waals surface area (Å²) in [7, 11) is 0. The molecule has 0 saturated carbocycles. The van der Waals surface area contributed by atoms with Gasteiger partial charge in [0.2, 0.25) is 0 Å². The number of ether oxygens (including phenoxy) is 3. The number of para-hydroxylation sites is 2. The summed E-state index contributed by atoms with van der Waals surface area (Å²) in [5.74, 6) is 2.52. The van der Waals surface area contributed by atoms with Gasteiger partial charge in [-0.2, -0.15) is 0 Å². The van der Waals surface area contributed by atoms with E-state index in [1.54, 1.807) is 0 Å². The van der Waals surface area contributed by atoms with Crippen molar-refractivity contribution in [2.45, 2.75) is 37.7 Å². The maximum absolute atomic E-state index is 16.0. The van der Waals surface area contributed by atoms with Gasteiger partial charge in [0.05, 0.1) is 0 Å². The number of hydrogen-bond acceptors (Lipinski definition) is 3. The molecule has 7 aromatic rings. The molecule has 7 aromatic carbocycles. The van der Waals surface area contributed by atoms with Crippen LogP contribution in [0.3, 0.4) is 0 Å². The maximum Gasteiger partial charge on any atom is 0.178 e. The third kappa shape index (κ3) is 5.22. The van der Waals surface area contributed by atoms with Crippen LogP contribution in [0.5, 0.6) is 28.7 Å². The second-order valence-corrected chi connectivity index (χ2v) is 13.7. The van der Waals surface area contributed by atoms with Crippen molar-refractivity contribution in [3.05, 3.63) is 191 Å². The van der Waals surface area contributed by atoms with Gasteiger partial charge in [0.1, 0.15) is 40.4 Å². The van der Waals surface area contributed by atoms with Gasteiger partial charge in [0, 0.05) is 39.1 Å². The number of hydrogen-bond donors (Lipinski definition) is 0. The smallest absolute Gasteiger partial charge is 0.178 e. The maximum atomic E-state index is 16.0. The van der Waals surface area contributed by atoms with Crippen molar-refractivity contribution < 1.29 is 23.0 Å². The van der Waals surface area contributed by atoms with Crippen molar-refractivity contribution >= 4 is 16.8 Å².